The van der Waals surface area contributed by atoms with Crippen molar-refractivity contribution in [2.24, 2.45) is 11.1 Å². The second kappa shape index (κ2) is 6.80. The molecule has 0 saturated carbocycles. The number of hydrogen-bond acceptors (Lipinski definition) is 3. The lowest BCUT2D eigenvalue weighted by molar-refractivity contribution is 0.182. The van der Waals surface area contributed by atoms with Crippen molar-refractivity contribution in [2.45, 2.75) is 27.3 Å². The van der Waals surface area contributed by atoms with Gasteiger partial charge in [0.2, 0.25) is 0 Å². The molecule has 0 aliphatic rings. The molecule has 1 rings (SSSR count). The molecule has 1 aromatic rings. The van der Waals surface area contributed by atoms with Gasteiger partial charge < -0.3 is 10.8 Å². The molecule has 19 heavy (non-hydrogen) atoms. The van der Waals surface area contributed by atoms with E-state index in [0.717, 1.165) is 18.7 Å². The van der Waals surface area contributed by atoms with Crippen molar-refractivity contribution < 1.29 is 5.11 Å². The third-order valence-corrected chi connectivity index (χ3v) is 3.66. The summed E-state index contributed by atoms with van der Waals surface area (Å²) in [6.45, 7) is 9.27. The van der Waals surface area contributed by atoms with E-state index in [9.17, 15) is 5.11 Å². The minimum absolute atomic E-state index is 0.0357. The Morgan fingerprint density at radius 2 is 1.95 bits per heavy atom. The first-order valence-corrected chi connectivity index (χ1v) is 7.14. The standard InChI is InChI=1S/C14H22Cl2N2O/c1-4-18(9-14(2,3)8-17)7-10-5-11(15)6-12(16)13(10)19/h5-6,19H,4,7-9,17H2,1-3H3. The Labute approximate surface area is 125 Å². The molecule has 0 aliphatic heterocycles. The zero-order valence-corrected chi connectivity index (χ0v) is 13.2. The lowest BCUT2D eigenvalue weighted by Crippen LogP contribution is -2.38. The van der Waals surface area contributed by atoms with Crippen LogP contribution in [0, 0.1) is 5.41 Å². The van der Waals surface area contributed by atoms with Gasteiger partial charge in [0.15, 0.2) is 0 Å². The molecule has 0 aliphatic carbocycles. The highest BCUT2D eigenvalue weighted by atomic mass is 35.5. The summed E-state index contributed by atoms with van der Waals surface area (Å²) >= 11 is 11.9. The first kappa shape index (κ1) is 16.6. The van der Waals surface area contributed by atoms with E-state index in [1.165, 1.54) is 0 Å². The highest BCUT2D eigenvalue weighted by molar-refractivity contribution is 6.35. The zero-order valence-electron chi connectivity index (χ0n) is 11.7. The van der Waals surface area contributed by atoms with Gasteiger partial charge in [0.1, 0.15) is 5.75 Å². The smallest absolute Gasteiger partial charge is 0.138 e. The highest BCUT2D eigenvalue weighted by Gasteiger charge is 2.20. The number of hydrogen-bond donors (Lipinski definition) is 2. The molecule has 0 heterocycles. The molecule has 3 N–H and O–H groups in total. The van der Waals surface area contributed by atoms with Gasteiger partial charge in [-0.05, 0) is 30.6 Å². The Morgan fingerprint density at radius 1 is 1.32 bits per heavy atom. The second-order valence-corrected chi connectivity index (χ2v) is 6.41. The van der Waals surface area contributed by atoms with Crippen molar-refractivity contribution in [1.82, 2.24) is 4.90 Å². The van der Waals surface area contributed by atoms with Gasteiger partial charge in [-0.2, -0.15) is 0 Å². The fourth-order valence-corrected chi connectivity index (χ4v) is 2.47. The maximum Gasteiger partial charge on any atom is 0.138 e. The number of rotatable bonds is 6. The average Bonchev–Trinajstić information content (AvgIpc) is 2.34. The van der Waals surface area contributed by atoms with Crippen LogP contribution in [0.3, 0.4) is 0 Å². The Balaban J connectivity index is 2.87. The van der Waals surface area contributed by atoms with E-state index in [-0.39, 0.29) is 16.2 Å². The third kappa shape index (κ3) is 4.84. The van der Waals surface area contributed by atoms with E-state index in [0.29, 0.717) is 18.1 Å². The summed E-state index contributed by atoms with van der Waals surface area (Å²) in [5, 5.41) is 10.8. The highest BCUT2D eigenvalue weighted by Crippen LogP contribution is 2.32. The van der Waals surface area contributed by atoms with Crippen LogP contribution in [-0.2, 0) is 6.54 Å². The van der Waals surface area contributed by atoms with Gasteiger partial charge in [0.25, 0.3) is 0 Å². The largest absolute Gasteiger partial charge is 0.506 e. The summed E-state index contributed by atoms with van der Waals surface area (Å²) in [5.41, 5.74) is 6.54. The number of phenolic OH excluding ortho intramolecular Hbond substituents is 1. The van der Waals surface area contributed by atoms with Crippen molar-refractivity contribution >= 4 is 23.2 Å². The average molecular weight is 305 g/mol. The van der Waals surface area contributed by atoms with E-state index in [1.54, 1.807) is 12.1 Å². The quantitative estimate of drug-likeness (QED) is 0.845. The van der Waals surface area contributed by atoms with E-state index in [4.69, 9.17) is 28.9 Å². The summed E-state index contributed by atoms with van der Waals surface area (Å²) in [7, 11) is 0. The minimum Gasteiger partial charge on any atom is -0.506 e. The molecule has 0 spiro atoms. The van der Waals surface area contributed by atoms with Crippen LogP contribution < -0.4 is 5.73 Å². The summed E-state index contributed by atoms with van der Waals surface area (Å²) in [6.07, 6.45) is 0. The number of benzene rings is 1. The van der Waals surface area contributed by atoms with Crippen LogP contribution in [0.4, 0.5) is 0 Å². The summed E-state index contributed by atoms with van der Waals surface area (Å²) < 4.78 is 0. The van der Waals surface area contributed by atoms with Crippen LogP contribution in [0.2, 0.25) is 10.0 Å². The molecule has 0 amide bonds. The minimum atomic E-state index is 0.0357. The Kier molecular flexibility index (Phi) is 5.93. The topological polar surface area (TPSA) is 49.5 Å². The Bertz CT molecular complexity index is 436. The number of nitrogens with two attached hydrogens (primary N) is 1. The molecular formula is C14H22Cl2N2O. The van der Waals surface area contributed by atoms with Gasteiger partial charge in [0, 0.05) is 23.7 Å². The second-order valence-electron chi connectivity index (χ2n) is 5.57. The fourth-order valence-electron chi connectivity index (χ4n) is 1.93. The van der Waals surface area contributed by atoms with Gasteiger partial charge in [-0.25, -0.2) is 0 Å². The maximum absolute atomic E-state index is 9.98. The molecule has 0 bridgehead atoms. The molecule has 5 heteroatoms. The van der Waals surface area contributed by atoms with Gasteiger partial charge in [0.05, 0.1) is 5.02 Å². The molecule has 0 radical (unpaired) electrons. The van der Waals surface area contributed by atoms with Gasteiger partial charge in [-0.15, -0.1) is 0 Å². The van der Waals surface area contributed by atoms with Crippen molar-refractivity contribution in [3.63, 3.8) is 0 Å². The molecule has 1 aromatic carbocycles. The zero-order chi connectivity index (χ0) is 14.6. The maximum atomic E-state index is 9.98. The van der Waals surface area contributed by atoms with Crippen molar-refractivity contribution in [2.75, 3.05) is 19.6 Å². The first-order valence-electron chi connectivity index (χ1n) is 6.38. The van der Waals surface area contributed by atoms with Crippen LogP contribution in [0.5, 0.6) is 5.75 Å². The predicted molar refractivity (Wildman–Crippen MR) is 81.9 cm³/mol. The van der Waals surface area contributed by atoms with Crippen molar-refractivity contribution in [1.29, 1.82) is 0 Å². The van der Waals surface area contributed by atoms with Crippen LogP contribution in [0.25, 0.3) is 0 Å². The van der Waals surface area contributed by atoms with E-state index in [1.807, 2.05) is 0 Å². The van der Waals surface area contributed by atoms with E-state index >= 15 is 0 Å². The summed E-state index contributed by atoms with van der Waals surface area (Å²) in [4.78, 5) is 2.22. The summed E-state index contributed by atoms with van der Waals surface area (Å²) in [6, 6.07) is 3.29. The Morgan fingerprint density at radius 3 is 2.47 bits per heavy atom. The normalized spacial score (nSPS) is 12.2. The van der Waals surface area contributed by atoms with E-state index in [2.05, 4.69) is 25.7 Å². The van der Waals surface area contributed by atoms with Crippen LogP contribution >= 0.6 is 23.2 Å². The van der Waals surface area contributed by atoms with Crippen LogP contribution in [0.15, 0.2) is 12.1 Å². The Hall–Kier alpha value is -0.480. The molecule has 0 unspecified atom stereocenters. The van der Waals surface area contributed by atoms with Gasteiger partial charge in [-0.3, -0.25) is 4.90 Å². The SMILES string of the molecule is CCN(Cc1cc(Cl)cc(Cl)c1O)CC(C)(C)CN. The molecule has 0 saturated heterocycles. The first-order chi connectivity index (χ1) is 8.79. The predicted octanol–water partition coefficient (Wildman–Crippen LogP) is 3.51. The monoisotopic (exact) mass is 304 g/mol. The molecule has 3 nitrogen and oxygen atoms in total. The van der Waals surface area contributed by atoms with Gasteiger partial charge in [-0.1, -0.05) is 44.0 Å². The molecule has 108 valence electrons. The molecule has 0 aromatic heterocycles. The number of phenols is 1. The van der Waals surface area contributed by atoms with Gasteiger partial charge >= 0.3 is 0 Å². The number of halogens is 2. The number of aromatic hydroxyl groups is 1. The number of nitrogens with zero attached hydrogens (tertiary/aromatic N) is 1. The van der Waals surface area contributed by atoms with Crippen molar-refractivity contribution in [3.8, 4) is 5.75 Å². The van der Waals surface area contributed by atoms with Crippen LogP contribution in [0.1, 0.15) is 26.3 Å². The lowest BCUT2D eigenvalue weighted by Gasteiger charge is -2.31. The summed E-state index contributed by atoms with van der Waals surface area (Å²) in [5.74, 6) is 0.107. The fraction of sp³-hybridized carbons (Fsp3) is 0.571. The van der Waals surface area contributed by atoms with Crippen LogP contribution in [-0.4, -0.2) is 29.6 Å². The third-order valence-electron chi connectivity index (χ3n) is 3.15. The lowest BCUT2D eigenvalue weighted by atomic mass is 9.93. The molecule has 0 atom stereocenters. The molecular weight excluding hydrogens is 283 g/mol. The molecule has 0 fully saturated rings. The van der Waals surface area contributed by atoms with E-state index < -0.39 is 0 Å². The van der Waals surface area contributed by atoms with Crippen molar-refractivity contribution in [3.05, 3.63) is 27.7 Å².